The molecular formula is C25H31NO3. The van der Waals surface area contributed by atoms with Crippen molar-refractivity contribution in [3.8, 4) is 11.1 Å². The smallest absolute Gasteiger partial charge is 0.410 e. The van der Waals surface area contributed by atoms with Gasteiger partial charge in [0.1, 0.15) is 6.61 Å². The predicted octanol–water partition coefficient (Wildman–Crippen LogP) is 5.05. The third-order valence-electron chi connectivity index (χ3n) is 6.71. The van der Waals surface area contributed by atoms with Crippen molar-refractivity contribution in [2.24, 2.45) is 11.3 Å². The Morgan fingerprint density at radius 2 is 1.62 bits per heavy atom. The van der Waals surface area contributed by atoms with Crippen molar-refractivity contribution in [1.82, 2.24) is 4.90 Å². The number of hydrogen-bond acceptors (Lipinski definition) is 3. The lowest BCUT2D eigenvalue weighted by Crippen LogP contribution is -2.51. The molecule has 0 saturated carbocycles. The molecule has 0 bridgehead atoms. The lowest BCUT2D eigenvalue weighted by atomic mass is 9.75. The Hall–Kier alpha value is -2.33. The molecule has 2 atom stereocenters. The van der Waals surface area contributed by atoms with E-state index in [-0.39, 0.29) is 30.1 Å². The highest BCUT2D eigenvalue weighted by Gasteiger charge is 2.38. The lowest BCUT2D eigenvalue weighted by molar-refractivity contribution is 0.0169. The van der Waals surface area contributed by atoms with Crippen molar-refractivity contribution >= 4 is 6.09 Å². The summed E-state index contributed by atoms with van der Waals surface area (Å²) in [5, 5.41) is 9.79. The van der Waals surface area contributed by atoms with Gasteiger partial charge in [-0.25, -0.2) is 4.79 Å². The molecule has 1 saturated heterocycles. The molecule has 2 unspecified atom stereocenters. The fourth-order valence-electron chi connectivity index (χ4n) is 4.82. The van der Waals surface area contributed by atoms with Gasteiger partial charge in [-0.1, -0.05) is 69.3 Å². The number of amides is 1. The third-order valence-corrected chi connectivity index (χ3v) is 6.71. The van der Waals surface area contributed by atoms with Crippen LogP contribution in [0.2, 0.25) is 0 Å². The first-order chi connectivity index (χ1) is 13.9. The molecule has 1 fully saturated rings. The number of carbonyl (C=O) groups excluding carboxylic acids is 1. The van der Waals surface area contributed by atoms with Gasteiger partial charge >= 0.3 is 6.09 Å². The van der Waals surface area contributed by atoms with Gasteiger partial charge < -0.3 is 14.7 Å². The van der Waals surface area contributed by atoms with Gasteiger partial charge in [0.25, 0.3) is 0 Å². The van der Waals surface area contributed by atoms with Crippen molar-refractivity contribution in [3.05, 3.63) is 59.7 Å². The maximum atomic E-state index is 13.0. The Kier molecular flexibility index (Phi) is 5.39. The highest BCUT2D eigenvalue weighted by atomic mass is 16.6. The SMILES string of the molecule is CC(C)(C)C1CCC(CO)N(C(=O)OCC2c3ccccc3-c3ccccc32)C1. The highest BCUT2D eigenvalue weighted by molar-refractivity contribution is 5.79. The summed E-state index contributed by atoms with van der Waals surface area (Å²) in [6.07, 6.45) is 1.55. The van der Waals surface area contributed by atoms with Crippen molar-refractivity contribution in [3.63, 3.8) is 0 Å². The van der Waals surface area contributed by atoms with Crippen LogP contribution in [0.5, 0.6) is 0 Å². The van der Waals surface area contributed by atoms with Crippen LogP contribution >= 0.6 is 0 Å². The van der Waals surface area contributed by atoms with E-state index >= 15 is 0 Å². The van der Waals surface area contributed by atoms with E-state index in [4.69, 9.17) is 4.74 Å². The number of benzene rings is 2. The molecule has 2 aliphatic rings. The van der Waals surface area contributed by atoms with Gasteiger partial charge in [0, 0.05) is 12.5 Å². The summed E-state index contributed by atoms with van der Waals surface area (Å²) in [5.41, 5.74) is 5.01. The number of carbonyl (C=O) groups is 1. The second-order valence-corrected chi connectivity index (χ2v) is 9.43. The number of rotatable bonds is 3. The number of fused-ring (bicyclic) bond motifs is 3. The topological polar surface area (TPSA) is 49.8 Å². The zero-order valence-electron chi connectivity index (χ0n) is 17.6. The Morgan fingerprint density at radius 1 is 1.03 bits per heavy atom. The normalized spacial score (nSPS) is 21.6. The monoisotopic (exact) mass is 393 g/mol. The van der Waals surface area contributed by atoms with Crippen molar-refractivity contribution in [2.75, 3.05) is 19.8 Å². The molecule has 0 spiro atoms. The quantitative estimate of drug-likeness (QED) is 0.793. The van der Waals surface area contributed by atoms with Crippen LogP contribution in [0.1, 0.15) is 50.7 Å². The lowest BCUT2D eigenvalue weighted by Gasteiger charge is -2.43. The van der Waals surface area contributed by atoms with Gasteiger partial charge in [0.15, 0.2) is 0 Å². The molecule has 4 rings (SSSR count). The number of ether oxygens (including phenoxy) is 1. The van der Waals surface area contributed by atoms with Crippen LogP contribution in [-0.2, 0) is 4.74 Å². The van der Waals surface area contributed by atoms with Gasteiger partial charge in [0.2, 0.25) is 0 Å². The van der Waals surface area contributed by atoms with Gasteiger partial charge in [0.05, 0.1) is 12.6 Å². The van der Waals surface area contributed by atoms with Crippen LogP contribution in [0, 0.1) is 11.3 Å². The summed E-state index contributed by atoms with van der Waals surface area (Å²) in [6.45, 7) is 7.60. The molecule has 4 heteroatoms. The molecule has 2 aromatic rings. The van der Waals surface area contributed by atoms with Gasteiger partial charge in [-0.05, 0) is 46.4 Å². The average molecular weight is 394 g/mol. The molecule has 2 aromatic carbocycles. The highest BCUT2D eigenvalue weighted by Crippen LogP contribution is 2.44. The Bertz CT molecular complexity index is 840. The number of piperidine rings is 1. The Balaban J connectivity index is 1.50. The number of likely N-dealkylation sites (tertiary alicyclic amines) is 1. The van der Waals surface area contributed by atoms with E-state index in [9.17, 15) is 9.90 Å². The standard InChI is InChI=1S/C25H31NO3/c1-25(2,3)17-12-13-18(15-27)26(14-17)24(28)29-16-23-21-10-6-4-8-19(21)20-9-5-7-11-22(20)23/h4-11,17-18,23,27H,12-16H2,1-3H3. The predicted molar refractivity (Wildman–Crippen MR) is 115 cm³/mol. The summed E-state index contributed by atoms with van der Waals surface area (Å²) in [5.74, 6) is 0.466. The molecule has 0 radical (unpaired) electrons. The largest absolute Gasteiger partial charge is 0.448 e. The average Bonchev–Trinajstić information content (AvgIpc) is 3.04. The van der Waals surface area contributed by atoms with E-state index in [2.05, 4.69) is 57.2 Å². The number of nitrogens with zero attached hydrogens (tertiary/aromatic N) is 1. The maximum absolute atomic E-state index is 13.0. The summed E-state index contributed by atoms with van der Waals surface area (Å²) in [6, 6.07) is 16.6. The van der Waals surface area contributed by atoms with Crippen LogP contribution in [0.4, 0.5) is 4.79 Å². The first-order valence-corrected chi connectivity index (χ1v) is 10.6. The van der Waals surface area contributed by atoms with Gasteiger partial charge in [-0.3, -0.25) is 0 Å². The van der Waals surface area contributed by atoms with Gasteiger partial charge in [-0.15, -0.1) is 0 Å². The summed E-state index contributed by atoms with van der Waals surface area (Å²) < 4.78 is 5.85. The minimum absolute atomic E-state index is 0.0128. The fraction of sp³-hybridized carbons (Fsp3) is 0.480. The molecule has 1 N–H and O–H groups in total. The van der Waals surface area contributed by atoms with E-state index < -0.39 is 0 Å². The summed E-state index contributed by atoms with van der Waals surface area (Å²) >= 11 is 0. The zero-order valence-corrected chi connectivity index (χ0v) is 17.6. The second kappa shape index (κ2) is 7.83. The van der Waals surface area contributed by atoms with Crippen LogP contribution in [0.25, 0.3) is 11.1 Å². The maximum Gasteiger partial charge on any atom is 0.410 e. The molecule has 1 heterocycles. The van der Waals surface area contributed by atoms with Crippen molar-refractivity contribution in [1.29, 1.82) is 0 Å². The van der Waals surface area contributed by atoms with E-state index in [1.807, 2.05) is 12.1 Å². The van der Waals surface area contributed by atoms with E-state index in [1.165, 1.54) is 22.3 Å². The molecule has 29 heavy (non-hydrogen) atoms. The van der Waals surface area contributed by atoms with Crippen molar-refractivity contribution in [2.45, 2.75) is 45.6 Å². The first-order valence-electron chi connectivity index (χ1n) is 10.6. The Morgan fingerprint density at radius 3 is 2.17 bits per heavy atom. The summed E-state index contributed by atoms with van der Waals surface area (Å²) in [7, 11) is 0. The molecular weight excluding hydrogens is 362 g/mol. The minimum atomic E-state index is -0.306. The van der Waals surface area contributed by atoms with E-state index in [0.29, 0.717) is 19.1 Å². The van der Waals surface area contributed by atoms with Crippen LogP contribution in [-0.4, -0.2) is 41.9 Å². The van der Waals surface area contributed by atoms with Crippen LogP contribution < -0.4 is 0 Å². The first kappa shape index (κ1) is 20.0. The van der Waals surface area contributed by atoms with Crippen LogP contribution in [0.15, 0.2) is 48.5 Å². The Labute approximate surface area is 173 Å². The van der Waals surface area contributed by atoms with Gasteiger partial charge in [-0.2, -0.15) is 0 Å². The molecule has 1 amide bonds. The van der Waals surface area contributed by atoms with Crippen molar-refractivity contribution < 1.29 is 14.6 Å². The number of aliphatic hydroxyl groups excluding tert-OH is 1. The number of aliphatic hydroxyl groups is 1. The third kappa shape index (κ3) is 3.78. The summed E-state index contributed by atoms with van der Waals surface area (Å²) in [4.78, 5) is 14.8. The second-order valence-electron chi connectivity index (χ2n) is 9.43. The fourth-order valence-corrected chi connectivity index (χ4v) is 4.82. The molecule has 1 aliphatic carbocycles. The van der Waals surface area contributed by atoms with E-state index in [0.717, 1.165) is 12.8 Å². The molecule has 1 aliphatic heterocycles. The molecule has 0 aromatic heterocycles. The van der Waals surface area contributed by atoms with Crippen LogP contribution in [0.3, 0.4) is 0 Å². The minimum Gasteiger partial charge on any atom is -0.448 e. The molecule has 154 valence electrons. The number of hydrogen-bond donors (Lipinski definition) is 1. The van der Waals surface area contributed by atoms with E-state index in [1.54, 1.807) is 4.90 Å². The molecule has 4 nitrogen and oxygen atoms in total. The zero-order chi connectivity index (χ0) is 20.6.